The van der Waals surface area contributed by atoms with E-state index in [2.05, 4.69) is 0 Å². The van der Waals surface area contributed by atoms with Gasteiger partial charge in [-0.1, -0.05) is 19.3 Å². The quantitative estimate of drug-likeness (QED) is 0.794. The topological polar surface area (TPSA) is 38.7 Å². The van der Waals surface area contributed by atoms with Gasteiger partial charge in [-0.3, -0.25) is 0 Å². The number of ether oxygens (including phenoxy) is 2. The molecular formula is C13H22O3. The molecule has 1 N–H and O–H groups in total. The van der Waals surface area contributed by atoms with Gasteiger partial charge in [0.2, 0.25) is 0 Å². The van der Waals surface area contributed by atoms with Crippen LogP contribution in [-0.4, -0.2) is 38.1 Å². The molecule has 0 bridgehead atoms. The Morgan fingerprint density at radius 2 is 1.56 bits per heavy atom. The van der Waals surface area contributed by atoms with Gasteiger partial charge in [-0.05, 0) is 18.8 Å². The molecule has 3 aliphatic rings. The van der Waals surface area contributed by atoms with E-state index in [0.717, 1.165) is 32.3 Å². The summed E-state index contributed by atoms with van der Waals surface area (Å²) in [4.78, 5) is 0. The van der Waals surface area contributed by atoms with Crippen LogP contribution in [0.25, 0.3) is 0 Å². The van der Waals surface area contributed by atoms with Crippen molar-refractivity contribution in [2.24, 2.45) is 16.7 Å². The lowest BCUT2D eigenvalue weighted by atomic mass is 9.52. The van der Waals surface area contributed by atoms with Crippen LogP contribution in [0.1, 0.15) is 32.1 Å². The molecule has 16 heavy (non-hydrogen) atoms. The molecule has 3 nitrogen and oxygen atoms in total. The molecule has 3 rings (SSSR count). The zero-order valence-electron chi connectivity index (χ0n) is 9.91. The second-order valence-electron chi connectivity index (χ2n) is 5.92. The predicted octanol–water partition coefficient (Wildman–Crippen LogP) is 1.59. The summed E-state index contributed by atoms with van der Waals surface area (Å²) in [5, 5.41) is 9.73. The van der Waals surface area contributed by atoms with E-state index in [9.17, 15) is 5.11 Å². The van der Waals surface area contributed by atoms with Crippen molar-refractivity contribution < 1.29 is 14.6 Å². The molecule has 2 heterocycles. The lowest BCUT2D eigenvalue weighted by Gasteiger charge is -2.62. The molecule has 0 radical (unpaired) electrons. The lowest BCUT2D eigenvalue weighted by molar-refractivity contribution is -0.302. The van der Waals surface area contributed by atoms with Crippen molar-refractivity contribution in [3.05, 3.63) is 0 Å². The number of aliphatic hydroxyl groups is 1. The Labute approximate surface area is 97.1 Å². The first-order chi connectivity index (χ1) is 7.83. The fraction of sp³-hybridized carbons (Fsp3) is 1.00. The van der Waals surface area contributed by atoms with E-state index < -0.39 is 0 Å². The third-order valence-corrected chi connectivity index (χ3v) is 5.22. The molecular weight excluding hydrogens is 204 g/mol. The van der Waals surface area contributed by atoms with E-state index in [-0.39, 0.29) is 17.4 Å². The number of hydrogen-bond acceptors (Lipinski definition) is 3. The summed E-state index contributed by atoms with van der Waals surface area (Å²) in [5.41, 5.74) is 0.258. The molecule has 92 valence electrons. The molecule has 1 saturated carbocycles. The van der Waals surface area contributed by atoms with Gasteiger partial charge < -0.3 is 14.6 Å². The smallest absolute Gasteiger partial charge is 0.0574 e. The van der Waals surface area contributed by atoms with Crippen LogP contribution in [0.3, 0.4) is 0 Å². The summed E-state index contributed by atoms with van der Waals surface area (Å²) >= 11 is 0. The van der Waals surface area contributed by atoms with Crippen LogP contribution in [0.5, 0.6) is 0 Å². The molecule has 0 unspecified atom stereocenters. The summed E-state index contributed by atoms with van der Waals surface area (Å²) < 4.78 is 10.9. The van der Waals surface area contributed by atoms with Crippen molar-refractivity contribution in [2.45, 2.75) is 32.1 Å². The molecule has 0 amide bonds. The van der Waals surface area contributed by atoms with Gasteiger partial charge >= 0.3 is 0 Å². The third kappa shape index (κ3) is 1.31. The fourth-order valence-corrected chi connectivity index (χ4v) is 3.84. The van der Waals surface area contributed by atoms with Crippen LogP contribution in [0.2, 0.25) is 0 Å². The molecule has 0 aromatic carbocycles. The lowest BCUT2D eigenvalue weighted by Crippen LogP contribution is -2.68. The Morgan fingerprint density at radius 1 is 0.938 bits per heavy atom. The summed E-state index contributed by atoms with van der Waals surface area (Å²) in [6.45, 7) is 3.45. The van der Waals surface area contributed by atoms with E-state index in [0.29, 0.717) is 0 Å². The Bertz CT molecular complexity index is 244. The summed E-state index contributed by atoms with van der Waals surface area (Å²) in [5.74, 6) is 0.756. The van der Waals surface area contributed by atoms with Crippen LogP contribution >= 0.6 is 0 Å². The van der Waals surface area contributed by atoms with Gasteiger partial charge in [0.05, 0.1) is 38.4 Å². The normalized spacial score (nSPS) is 32.8. The monoisotopic (exact) mass is 226 g/mol. The van der Waals surface area contributed by atoms with Gasteiger partial charge in [0.1, 0.15) is 0 Å². The second kappa shape index (κ2) is 3.97. The van der Waals surface area contributed by atoms with Gasteiger partial charge in [-0.2, -0.15) is 0 Å². The maximum Gasteiger partial charge on any atom is 0.0574 e. The summed E-state index contributed by atoms with van der Waals surface area (Å²) in [6, 6.07) is 0. The highest BCUT2D eigenvalue weighted by Crippen LogP contribution is 2.57. The molecule has 3 fully saturated rings. The predicted molar refractivity (Wildman–Crippen MR) is 60.2 cm³/mol. The molecule has 0 atom stereocenters. The molecule has 0 aromatic rings. The average Bonchev–Trinajstić information content (AvgIpc) is 2.22. The summed E-state index contributed by atoms with van der Waals surface area (Å²) in [7, 11) is 0. The van der Waals surface area contributed by atoms with E-state index >= 15 is 0 Å². The van der Waals surface area contributed by atoms with Gasteiger partial charge in [0.15, 0.2) is 0 Å². The molecule has 0 aromatic heterocycles. The van der Waals surface area contributed by atoms with E-state index in [4.69, 9.17) is 9.47 Å². The standard InChI is InChI=1S/C13H22O3/c14-6-12(7-15-8-12)13(9-16-10-13)11-4-2-1-3-5-11/h11,14H,1-10H2. The fourth-order valence-electron chi connectivity index (χ4n) is 3.84. The Kier molecular flexibility index (Phi) is 2.73. The second-order valence-corrected chi connectivity index (χ2v) is 5.92. The van der Waals surface area contributed by atoms with Gasteiger partial charge in [-0.15, -0.1) is 0 Å². The zero-order chi connectivity index (χ0) is 11.1. The van der Waals surface area contributed by atoms with Gasteiger partial charge in [0, 0.05) is 5.41 Å². The SMILES string of the molecule is OCC1(C2(C3CCCCC3)COC2)COC1. The van der Waals surface area contributed by atoms with Gasteiger partial charge in [0.25, 0.3) is 0 Å². The van der Waals surface area contributed by atoms with Crippen molar-refractivity contribution in [1.82, 2.24) is 0 Å². The first kappa shape index (κ1) is 11.0. The van der Waals surface area contributed by atoms with Crippen LogP contribution in [0.4, 0.5) is 0 Å². The van der Waals surface area contributed by atoms with Gasteiger partial charge in [-0.25, -0.2) is 0 Å². The highest BCUT2D eigenvalue weighted by atomic mass is 16.5. The minimum absolute atomic E-state index is 0.0211. The van der Waals surface area contributed by atoms with E-state index in [1.807, 2.05) is 0 Å². The minimum Gasteiger partial charge on any atom is -0.396 e. The number of aliphatic hydroxyl groups excluding tert-OH is 1. The molecule has 2 saturated heterocycles. The minimum atomic E-state index is 0.0211. The Balaban J connectivity index is 1.81. The van der Waals surface area contributed by atoms with Crippen LogP contribution in [0.15, 0.2) is 0 Å². The maximum atomic E-state index is 9.73. The zero-order valence-corrected chi connectivity index (χ0v) is 9.91. The first-order valence-electron chi connectivity index (χ1n) is 6.59. The van der Waals surface area contributed by atoms with E-state index in [1.165, 1.54) is 32.1 Å². The highest BCUT2D eigenvalue weighted by molar-refractivity contribution is 5.08. The Hall–Kier alpha value is -0.120. The first-order valence-corrected chi connectivity index (χ1v) is 6.59. The molecule has 3 heteroatoms. The number of rotatable bonds is 3. The van der Waals surface area contributed by atoms with Crippen LogP contribution in [0, 0.1) is 16.7 Å². The maximum absolute atomic E-state index is 9.73. The number of hydrogen-bond donors (Lipinski definition) is 1. The van der Waals surface area contributed by atoms with Crippen molar-refractivity contribution in [3.63, 3.8) is 0 Å². The molecule has 0 spiro atoms. The van der Waals surface area contributed by atoms with Crippen LogP contribution in [-0.2, 0) is 9.47 Å². The largest absolute Gasteiger partial charge is 0.396 e. The van der Waals surface area contributed by atoms with Crippen molar-refractivity contribution in [2.75, 3.05) is 33.0 Å². The van der Waals surface area contributed by atoms with Crippen molar-refractivity contribution in [1.29, 1.82) is 0 Å². The highest BCUT2D eigenvalue weighted by Gasteiger charge is 2.62. The van der Waals surface area contributed by atoms with Crippen molar-refractivity contribution >= 4 is 0 Å². The summed E-state index contributed by atoms with van der Waals surface area (Å²) in [6.07, 6.45) is 6.75. The average molecular weight is 226 g/mol. The Morgan fingerprint density at radius 3 is 1.94 bits per heavy atom. The molecule has 1 aliphatic carbocycles. The third-order valence-electron chi connectivity index (χ3n) is 5.22. The molecule has 2 aliphatic heterocycles. The van der Waals surface area contributed by atoms with E-state index in [1.54, 1.807) is 0 Å². The van der Waals surface area contributed by atoms with Crippen LogP contribution < -0.4 is 0 Å². The van der Waals surface area contributed by atoms with Crippen molar-refractivity contribution in [3.8, 4) is 0 Å².